The third-order valence-electron chi connectivity index (χ3n) is 2.05. The lowest BCUT2D eigenvalue weighted by atomic mass is 10.0. The summed E-state index contributed by atoms with van der Waals surface area (Å²) in [5.74, 6) is -2.59. The molecule has 1 nitrogen and oxygen atoms in total. The van der Waals surface area contributed by atoms with Crippen LogP contribution in [0.5, 0.6) is 0 Å². The fourth-order valence-corrected chi connectivity index (χ4v) is 0.775. The van der Waals surface area contributed by atoms with Gasteiger partial charge in [0.25, 0.3) is 5.92 Å². The van der Waals surface area contributed by atoms with E-state index in [1.54, 1.807) is 6.08 Å². The van der Waals surface area contributed by atoms with E-state index in [4.69, 9.17) is 5.41 Å². The van der Waals surface area contributed by atoms with Crippen molar-refractivity contribution in [2.75, 3.05) is 0 Å². The number of allylic oxidation sites excluding steroid dienone is 4. The molecule has 0 aromatic carbocycles. The molecule has 0 bridgehead atoms. The van der Waals surface area contributed by atoms with Crippen LogP contribution in [0.4, 0.5) is 8.78 Å². The van der Waals surface area contributed by atoms with Crippen LogP contribution in [0.3, 0.4) is 0 Å². The lowest BCUT2D eigenvalue weighted by molar-refractivity contribution is 0.0635. The highest BCUT2D eigenvalue weighted by Crippen LogP contribution is 2.22. The van der Waals surface area contributed by atoms with Crippen molar-refractivity contribution >= 4 is 6.21 Å². The Kier molecular flexibility index (Phi) is 4.68. The molecule has 0 saturated heterocycles. The Hall–Kier alpha value is -0.990. The van der Waals surface area contributed by atoms with Crippen LogP contribution in [0, 0.1) is 11.3 Å². The zero-order valence-corrected chi connectivity index (χ0v) is 9.07. The highest BCUT2D eigenvalue weighted by Gasteiger charge is 2.22. The van der Waals surface area contributed by atoms with Crippen molar-refractivity contribution in [1.29, 1.82) is 5.41 Å². The predicted molar refractivity (Wildman–Crippen MR) is 56.1 cm³/mol. The molecule has 0 radical (unpaired) electrons. The molecule has 0 saturated carbocycles. The molecule has 0 atom stereocenters. The van der Waals surface area contributed by atoms with Gasteiger partial charge >= 0.3 is 0 Å². The lowest BCUT2D eigenvalue weighted by Gasteiger charge is -2.10. The van der Waals surface area contributed by atoms with Gasteiger partial charge in [0.1, 0.15) is 0 Å². The minimum atomic E-state index is -2.78. The number of hydrogen-bond donors (Lipinski definition) is 1. The van der Waals surface area contributed by atoms with Crippen molar-refractivity contribution in [3.05, 3.63) is 23.3 Å². The lowest BCUT2D eigenvalue weighted by Crippen LogP contribution is -2.10. The summed E-state index contributed by atoms with van der Waals surface area (Å²) in [6, 6.07) is 0. The minimum absolute atomic E-state index is 0.0116. The van der Waals surface area contributed by atoms with Gasteiger partial charge in [0.05, 0.1) is 0 Å². The van der Waals surface area contributed by atoms with Gasteiger partial charge in [0.2, 0.25) is 0 Å². The highest BCUT2D eigenvalue weighted by atomic mass is 19.3. The first-order chi connectivity index (χ1) is 6.29. The van der Waals surface area contributed by atoms with Gasteiger partial charge in [-0.1, -0.05) is 26.0 Å². The van der Waals surface area contributed by atoms with Crippen molar-refractivity contribution in [1.82, 2.24) is 0 Å². The summed E-state index contributed by atoms with van der Waals surface area (Å²) in [5.41, 5.74) is 0.756. The average Bonchev–Trinajstić information content (AvgIpc) is 2.02. The van der Waals surface area contributed by atoms with E-state index in [-0.39, 0.29) is 11.5 Å². The highest BCUT2D eigenvalue weighted by molar-refractivity contribution is 5.76. The number of alkyl halides is 2. The van der Waals surface area contributed by atoms with Crippen LogP contribution in [-0.4, -0.2) is 12.1 Å². The number of halogens is 2. The Morgan fingerprint density at radius 3 is 2.07 bits per heavy atom. The molecule has 0 aliphatic heterocycles. The molecule has 0 heterocycles. The molecular formula is C11H17F2N. The Balaban J connectivity index is 4.76. The van der Waals surface area contributed by atoms with E-state index in [1.165, 1.54) is 19.2 Å². The summed E-state index contributed by atoms with van der Waals surface area (Å²) in [6.07, 6.45) is 4.15. The summed E-state index contributed by atoms with van der Waals surface area (Å²) >= 11 is 0. The number of rotatable bonds is 4. The fourth-order valence-electron chi connectivity index (χ4n) is 0.775. The van der Waals surface area contributed by atoms with Gasteiger partial charge in [-0.15, -0.1) is 0 Å². The van der Waals surface area contributed by atoms with Crippen LogP contribution in [0.1, 0.15) is 27.7 Å². The van der Waals surface area contributed by atoms with Crippen LogP contribution in [0.2, 0.25) is 0 Å². The predicted octanol–water partition coefficient (Wildman–Crippen LogP) is 3.82. The van der Waals surface area contributed by atoms with Crippen LogP contribution < -0.4 is 0 Å². The van der Waals surface area contributed by atoms with Gasteiger partial charge in [-0.05, 0) is 24.0 Å². The molecule has 0 unspecified atom stereocenters. The largest absolute Gasteiger partial charge is 0.308 e. The van der Waals surface area contributed by atoms with Gasteiger partial charge < -0.3 is 5.41 Å². The van der Waals surface area contributed by atoms with Crippen molar-refractivity contribution < 1.29 is 8.78 Å². The average molecular weight is 201 g/mol. The monoisotopic (exact) mass is 201 g/mol. The molecule has 1 N–H and O–H groups in total. The van der Waals surface area contributed by atoms with E-state index in [2.05, 4.69) is 0 Å². The standard InChI is InChI=1S/C11H17F2N/c1-8(2)10(7-14)6-5-9(3)11(4,12)13/h5-8,14H,1-4H3/b9-5+,10-6+,14-7?. The van der Waals surface area contributed by atoms with Crippen LogP contribution in [0.25, 0.3) is 0 Å². The van der Waals surface area contributed by atoms with E-state index >= 15 is 0 Å². The maximum Gasteiger partial charge on any atom is 0.266 e. The number of nitrogens with one attached hydrogen (secondary N) is 1. The second kappa shape index (κ2) is 5.03. The first-order valence-corrected chi connectivity index (χ1v) is 4.56. The molecule has 0 rings (SSSR count). The third-order valence-corrected chi connectivity index (χ3v) is 2.05. The molecule has 80 valence electrons. The maximum atomic E-state index is 12.7. The Morgan fingerprint density at radius 2 is 1.79 bits per heavy atom. The Morgan fingerprint density at radius 1 is 1.29 bits per heavy atom. The Labute approximate surface area is 84.0 Å². The molecule has 3 heteroatoms. The summed E-state index contributed by atoms with van der Waals surface area (Å²) < 4.78 is 25.4. The second-order valence-electron chi connectivity index (χ2n) is 3.70. The summed E-state index contributed by atoms with van der Waals surface area (Å²) in [4.78, 5) is 0. The van der Waals surface area contributed by atoms with Crippen molar-refractivity contribution in [3.63, 3.8) is 0 Å². The smallest absolute Gasteiger partial charge is 0.266 e. The zero-order valence-electron chi connectivity index (χ0n) is 9.07. The van der Waals surface area contributed by atoms with Gasteiger partial charge in [-0.2, -0.15) is 0 Å². The van der Waals surface area contributed by atoms with Crippen molar-refractivity contribution in [2.24, 2.45) is 5.92 Å². The SMILES string of the molecule is C/C(=C\C=C(/C=N)C(C)C)C(C)(F)F. The van der Waals surface area contributed by atoms with Crippen molar-refractivity contribution in [2.45, 2.75) is 33.6 Å². The molecule has 0 aromatic heterocycles. The van der Waals surface area contributed by atoms with Gasteiger partial charge in [0.15, 0.2) is 0 Å². The van der Waals surface area contributed by atoms with Gasteiger partial charge in [-0.3, -0.25) is 0 Å². The first-order valence-electron chi connectivity index (χ1n) is 4.56. The topological polar surface area (TPSA) is 23.9 Å². The number of hydrogen-bond acceptors (Lipinski definition) is 1. The second-order valence-corrected chi connectivity index (χ2v) is 3.70. The quantitative estimate of drug-likeness (QED) is 0.528. The molecule has 0 aromatic rings. The zero-order chi connectivity index (χ0) is 11.4. The maximum absolute atomic E-state index is 12.7. The van der Waals surface area contributed by atoms with E-state index < -0.39 is 5.92 Å². The summed E-state index contributed by atoms with van der Waals surface area (Å²) in [5, 5.41) is 7.08. The molecule has 14 heavy (non-hydrogen) atoms. The van der Waals surface area contributed by atoms with E-state index in [9.17, 15) is 8.78 Å². The Bertz CT molecular complexity index is 257. The van der Waals surface area contributed by atoms with Gasteiger partial charge in [-0.25, -0.2) is 8.78 Å². The molecule has 0 aliphatic rings. The minimum Gasteiger partial charge on any atom is -0.308 e. The normalized spacial score (nSPS) is 14.8. The first kappa shape index (κ1) is 13.0. The summed E-state index contributed by atoms with van der Waals surface area (Å²) in [7, 11) is 0. The van der Waals surface area contributed by atoms with Crippen molar-refractivity contribution in [3.8, 4) is 0 Å². The molecule has 0 spiro atoms. The van der Waals surface area contributed by atoms with E-state index in [1.807, 2.05) is 13.8 Å². The van der Waals surface area contributed by atoms with Crippen LogP contribution in [-0.2, 0) is 0 Å². The van der Waals surface area contributed by atoms with Crippen LogP contribution >= 0.6 is 0 Å². The fraction of sp³-hybridized carbons (Fsp3) is 0.545. The molecular weight excluding hydrogens is 184 g/mol. The summed E-state index contributed by atoms with van der Waals surface area (Å²) in [6.45, 7) is 6.10. The molecule has 0 aliphatic carbocycles. The molecule has 0 amide bonds. The van der Waals surface area contributed by atoms with E-state index in [0.717, 1.165) is 12.5 Å². The van der Waals surface area contributed by atoms with E-state index in [0.29, 0.717) is 0 Å². The van der Waals surface area contributed by atoms with Gasteiger partial charge in [0, 0.05) is 13.1 Å². The van der Waals surface area contributed by atoms with Crippen LogP contribution in [0.15, 0.2) is 23.3 Å². The molecule has 0 fully saturated rings. The third kappa shape index (κ3) is 4.30.